The molecule has 0 spiro atoms. The molecule has 0 amide bonds. The third kappa shape index (κ3) is 3.27. The number of hydrogen-bond donors (Lipinski definition) is 1. The van der Waals surface area contributed by atoms with Crippen LogP contribution in [-0.2, 0) is 6.54 Å². The Balaban J connectivity index is 2.05. The molecule has 0 aromatic carbocycles. The van der Waals surface area contributed by atoms with Crippen LogP contribution in [0.15, 0.2) is 34.9 Å². The maximum absolute atomic E-state index is 4.43. The third-order valence-electron chi connectivity index (χ3n) is 2.44. The van der Waals surface area contributed by atoms with Gasteiger partial charge in [0.1, 0.15) is 5.82 Å². The second-order valence-corrected chi connectivity index (χ2v) is 4.80. The van der Waals surface area contributed by atoms with Crippen molar-refractivity contribution < 1.29 is 0 Å². The van der Waals surface area contributed by atoms with E-state index >= 15 is 0 Å². The van der Waals surface area contributed by atoms with Gasteiger partial charge in [-0.05, 0) is 53.5 Å². The van der Waals surface area contributed by atoms with Crippen LogP contribution in [0.1, 0.15) is 17.0 Å². The largest absolute Gasteiger partial charge is 0.364 e. The van der Waals surface area contributed by atoms with Crippen molar-refractivity contribution >= 4 is 21.7 Å². The minimum atomic E-state index is 0.690. The zero-order valence-corrected chi connectivity index (χ0v) is 11.5. The van der Waals surface area contributed by atoms with Gasteiger partial charge in [-0.1, -0.05) is 6.07 Å². The molecule has 88 valence electrons. The molecule has 0 saturated heterocycles. The molecule has 0 atom stereocenters. The van der Waals surface area contributed by atoms with Gasteiger partial charge in [-0.25, -0.2) is 4.98 Å². The third-order valence-corrected chi connectivity index (χ3v) is 3.27. The van der Waals surface area contributed by atoms with Gasteiger partial charge >= 0.3 is 0 Å². The smallest absolute Gasteiger partial charge is 0.126 e. The first-order valence-corrected chi connectivity index (χ1v) is 6.23. The van der Waals surface area contributed by atoms with Crippen LogP contribution >= 0.6 is 15.9 Å². The van der Waals surface area contributed by atoms with Crippen LogP contribution in [0.5, 0.6) is 0 Å². The van der Waals surface area contributed by atoms with Crippen molar-refractivity contribution in [1.82, 2.24) is 9.97 Å². The SMILES string of the molecule is Cc1cccc(CNc2cc(C)c(Br)cn2)n1. The molecule has 0 unspecified atom stereocenters. The number of pyridine rings is 2. The Labute approximate surface area is 109 Å². The molecule has 0 bridgehead atoms. The van der Waals surface area contributed by atoms with Crippen molar-refractivity contribution in [1.29, 1.82) is 0 Å². The lowest BCUT2D eigenvalue weighted by Crippen LogP contribution is -2.03. The maximum atomic E-state index is 4.43. The van der Waals surface area contributed by atoms with Crippen LogP contribution in [0, 0.1) is 13.8 Å². The molecule has 4 heteroatoms. The summed E-state index contributed by atoms with van der Waals surface area (Å²) in [5.74, 6) is 0.869. The van der Waals surface area contributed by atoms with Crippen molar-refractivity contribution in [3.05, 3.63) is 51.9 Å². The number of rotatable bonds is 3. The Morgan fingerprint density at radius 2 is 2.12 bits per heavy atom. The molecule has 0 radical (unpaired) electrons. The van der Waals surface area contributed by atoms with E-state index in [2.05, 4.69) is 31.2 Å². The summed E-state index contributed by atoms with van der Waals surface area (Å²) in [5.41, 5.74) is 3.22. The van der Waals surface area contributed by atoms with Gasteiger partial charge < -0.3 is 5.32 Å². The predicted molar refractivity (Wildman–Crippen MR) is 73.0 cm³/mol. The van der Waals surface area contributed by atoms with E-state index in [0.29, 0.717) is 6.54 Å². The number of nitrogens with zero attached hydrogens (tertiary/aromatic N) is 2. The Morgan fingerprint density at radius 3 is 2.82 bits per heavy atom. The maximum Gasteiger partial charge on any atom is 0.126 e. The Hall–Kier alpha value is -1.42. The number of aromatic nitrogens is 2. The van der Waals surface area contributed by atoms with Crippen molar-refractivity contribution in [2.24, 2.45) is 0 Å². The number of aryl methyl sites for hydroxylation is 2. The van der Waals surface area contributed by atoms with Crippen LogP contribution in [0.4, 0.5) is 5.82 Å². The second-order valence-electron chi connectivity index (χ2n) is 3.94. The molecular weight excluding hydrogens is 278 g/mol. The van der Waals surface area contributed by atoms with Crippen LogP contribution in [0.25, 0.3) is 0 Å². The van der Waals surface area contributed by atoms with Gasteiger partial charge in [0, 0.05) is 16.4 Å². The minimum Gasteiger partial charge on any atom is -0.364 e. The van der Waals surface area contributed by atoms with E-state index in [9.17, 15) is 0 Å². The summed E-state index contributed by atoms with van der Waals surface area (Å²) < 4.78 is 1.02. The summed E-state index contributed by atoms with van der Waals surface area (Å²) in [6, 6.07) is 8.02. The predicted octanol–water partition coefficient (Wildman–Crippen LogP) is 3.47. The summed E-state index contributed by atoms with van der Waals surface area (Å²) >= 11 is 3.43. The number of halogens is 1. The van der Waals surface area contributed by atoms with Crippen molar-refractivity contribution in [3.8, 4) is 0 Å². The molecule has 1 N–H and O–H groups in total. The normalized spacial score (nSPS) is 10.3. The van der Waals surface area contributed by atoms with Crippen LogP contribution < -0.4 is 5.32 Å². The molecule has 3 nitrogen and oxygen atoms in total. The molecule has 2 rings (SSSR count). The lowest BCUT2D eigenvalue weighted by molar-refractivity contribution is 1.00. The molecule has 0 aliphatic heterocycles. The highest BCUT2D eigenvalue weighted by Crippen LogP contribution is 2.17. The van der Waals surface area contributed by atoms with Gasteiger partial charge in [0.05, 0.1) is 12.2 Å². The van der Waals surface area contributed by atoms with Crippen molar-refractivity contribution in [3.63, 3.8) is 0 Å². The van der Waals surface area contributed by atoms with Gasteiger partial charge in [-0.15, -0.1) is 0 Å². The Morgan fingerprint density at radius 1 is 1.29 bits per heavy atom. The summed E-state index contributed by atoms with van der Waals surface area (Å²) in [7, 11) is 0. The lowest BCUT2D eigenvalue weighted by Gasteiger charge is -2.07. The second kappa shape index (κ2) is 5.27. The average molecular weight is 292 g/mol. The minimum absolute atomic E-state index is 0.690. The highest BCUT2D eigenvalue weighted by molar-refractivity contribution is 9.10. The molecule has 2 aromatic heterocycles. The zero-order chi connectivity index (χ0) is 12.3. The van der Waals surface area contributed by atoms with Crippen LogP contribution in [-0.4, -0.2) is 9.97 Å². The van der Waals surface area contributed by atoms with E-state index in [1.165, 1.54) is 5.56 Å². The molecule has 0 aliphatic carbocycles. The highest BCUT2D eigenvalue weighted by atomic mass is 79.9. The van der Waals surface area contributed by atoms with Gasteiger partial charge in [-0.2, -0.15) is 0 Å². The average Bonchev–Trinajstić information content (AvgIpc) is 2.31. The molecule has 17 heavy (non-hydrogen) atoms. The van der Waals surface area contributed by atoms with E-state index in [0.717, 1.165) is 21.7 Å². The van der Waals surface area contributed by atoms with Gasteiger partial charge in [0.2, 0.25) is 0 Å². The standard InChI is InChI=1S/C13H14BrN3/c1-9-6-13(16-8-12(9)14)15-7-11-5-3-4-10(2)17-11/h3-6,8H,7H2,1-2H3,(H,15,16). The summed E-state index contributed by atoms with van der Waals surface area (Å²) in [5, 5.41) is 3.26. The first-order valence-electron chi connectivity index (χ1n) is 5.44. The molecule has 0 aliphatic rings. The fraction of sp³-hybridized carbons (Fsp3) is 0.231. The molecule has 2 aromatic rings. The molecular formula is C13H14BrN3. The topological polar surface area (TPSA) is 37.8 Å². The lowest BCUT2D eigenvalue weighted by atomic mass is 10.3. The molecule has 2 heterocycles. The Kier molecular flexibility index (Phi) is 3.74. The monoisotopic (exact) mass is 291 g/mol. The van der Waals surface area contributed by atoms with E-state index in [-0.39, 0.29) is 0 Å². The van der Waals surface area contributed by atoms with Crippen molar-refractivity contribution in [2.75, 3.05) is 5.32 Å². The molecule has 0 saturated carbocycles. The van der Waals surface area contributed by atoms with E-state index < -0.39 is 0 Å². The first kappa shape index (κ1) is 12.0. The van der Waals surface area contributed by atoms with Gasteiger partial charge in [0.25, 0.3) is 0 Å². The summed E-state index contributed by atoms with van der Waals surface area (Å²) in [4.78, 5) is 8.72. The quantitative estimate of drug-likeness (QED) is 0.941. The number of nitrogens with one attached hydrogen (secondary N) is 1. The summed E-state index contributed by atoms with van der Waals surface area (Å²) in [6.45, 7) is 4.73. The number of anilines is 1. The number of hydrogen-bond acceptors (Lipinski definition) is 3. The van der Waals surface area contributed by atoms with Gasteiger partial charge in [0.15, 0.2) is 0 Å². The zero-order valence-electron chi connectivity index (χ0n) is 9.87. The fourth-order valence-corrected chi connectivity index (χ4v) is 1.73. The molecule has 0 fully saturated rings. The van der Waals surface area contributed by atoms with Crippen molar-refractivity contribution in [2.45, 2.75) is 20.4 Å². The van der Waals surface area contributed by atoms with E-state index in [4.69, 9.17) is 0 Å². The van der Waals surface area contributed by atoms with E-state index in [1.54, 1.807) is 6.20 Å². The van der Waals surface area contributed by atoms with E-state index in [1.807, 2.05) is 38.1 Å². The fourth-order valence-electron chi connectivity index (χ4n) is 1.52. The first-order chi connectivity index (χ1) is 8.15. The Bertz CT molecular complexity index is 526. The van der Waals surface area contributed by atoms with Crippen LogP contribution in [0.2, 0.25) is 0 Å². The van der Waals surface area contributed by atoms with Crippen LogP contribution in [0.3, 0.4) is 0 Å². The summed E-state index contributed by atoms with van der Waals surface area (Å²) in [6.07, 6.45) is 1.81. The highest BCUT2D eigenvalue weighted by Gasteiger charge is 1.99. The van der Waals surface area contributed by atoms with Gasteiger partial charge in [-0.3, -0.25) is 4.98 Å².